The van der Waals surface area contributed by atoms with Crippen LogP contribution in [0.4, 0.5) is 0 Å². The van der Waals surface area contributed by atoms with E-state index in [4.69, 9.17) is 9.97 Å². The second kappa shape index (κ2) is 12.7. The predicted octanol–water partition coefficient (Wildman–Crippen LogP) is 6.63. The Morgan fingerprint density at radius 1 is 0.800 bits per heavy atom. The van der Waals surface area contributed by atoms with Crippen LogP contribution in [0.5, 0.6) is 0 Å². The Morgan fingerprint density at radius 2 is 1.33 bits per heavy atom. The van der Waals surface area contributed by atoms with Gasteiger partial charge in [0, 0.05) is 11.6 Å². The highest BCUT2D eigenvalue weighted by molar-refractivity contribution is 5.86. The zero-order chi connectivity index (χ0) is 21.9. The quantitative estimate of drug-likeness (QED) is 0.378. The van der Waals surface area contributed by atoms with Crippen LogP contribution in [0.2, 0.25) is 0 Å². The van der Waals surface area contributed by atoms with Gasteiger partial charge in [0.15, 0.2) is 5.65 Å². The van der Waals surface area contributed by atoms with Crippen LogP contribution >= 0.6 is 0 Å². The van der Waals surface area contributed by atoms with Gasteiger partial charge in [-0.1, -0.05) is 53.4 Å². The van der Waals surface area contributed by atoms with Crippen LogP contribution in [0.25, 0.3) is 11.0 Å². The van der Waals surface area contributed by atoms with Crippen molar-refractivity contribution in [3.05, 3.63) is 34.1 Å². The van der Waals surface area contributed by atoms with Gasteiger partial charge in [-0.2, -0.15) is 0 Å². The van der Waals surface area contributed by atoms with Gasteiger partial charge in [0.25, 0.3) is 0 Å². The Morgan fingerprint density at radius 3 is 1.90 bits per heavy atom. The number of fused-ring (bicyclic) bond motifs is 1. The molecule has 0 saturated carbocycles. The molecule has 0 spiro atoms. The number of aryl methyl sites for hydroxylation is 3. The third-order valence-corrected chi connectivity index (χ3v) is 5.97. The largest absolute Gasteiger partial charge is 0.481 e. The van der Waals surface area contributed by atoms with E-state index in [1.54, 1.807) is 0 Å². The fourth-order valence-electron chi connectivity index (χ4n) is 4.29. The molecule has 0 unspecified atom stereocenters. The van der Waals surface area contributed by atoms with Crippen molar-refractivity contribution in [2.75, 3.05) is 0 Å². The van der Waals surface area contributed by atoms with E-state index in [-0.39, 0.29) is 6.42 Å². The van der Waals surface area contributed by atoms with Crippen molar-refractivity contribution in [3.8, 4) is 0 Å². The van der Waals surface area contributed by atoms with Crippen molar-refractivity contribution < 1.29 is 9.90 Å². The van der Waals surface area contributed by atoms with E-state index in [0.29, 0.717) is 0 Å². The normalized spacial score (nSPS) is 11.3. The minimum atomic E-state index is -0.813. The van der Waals surface area contributed by atoms with Gasteiger partial charge in [-0.15, -0.1) is 0 Å². The SMILES string of the molecule is CCCCc1cnc2nc(CC(=O)O)c(CCCC)c(CCCC)c2c1CCCC. The fourth-order valence-corrected chi connectivity index (χ4v) is 4.29. The molecule has 0 bridgehead atoms. The molecule has 0 atom stereocenters. The maximum atomic E-state index is 11.6. The van der Waals surface area contributed by atoms with E-state index in [0.717, 1.165) is 75.5 Å². The Kier molecular flexibility index (Phi) is 10.3. The number of pyridine rings is 2. The van der Waals surface area contributed by atoms with Gasteiger partial charge in [-0.3, -0.25) is 4.79 Å². The lowest BCUT2D eigenvalue weighted by Gasteiger charge is -2.20. The molecule has 0 aliphatic rings. The molecule has 0 amide bonds. The zero-order valence-electron chi connectivity index (χ0n) is 19.5. The molecule has 0 aliphatic carbocycles. The van der Waals surface area contributed by atoms with E-state index in [2.05, 4.69) is 27.7 Å². The Balaban J connectivity index is 2.79. The van der Waals surface area contributed by atoms with Crippen molar-refractivity contribution in [2.45, 2.75) is 111 Å². The van der Waals surface area contributed by atoms with Gasteiger partial charge in [0.1, 0.15) is 0 Å². The molecular weight excluding hydrogens is 372 g/mol. The third kappa shape index (κ3) is 6.26. The highest BCUT2D eigenvalue weighted by Crippen LogP contribution is 2.32. The molecular formula is C26H40N2O2. The lowest BCUT2D eigenvalue weighted by molar-refractivity contribution is -0.136. The van der Waals surface area contributed by atoms with Crippen LogP contribution < -0.4 is 0 Å². The smallest absolute Gasteiger partial charge is 0.309 e. The van der Waals surface area contributed by atoms with Crippen LogP contribution in [0, 0.1) is 0 Å². The number of aromatic nitrogens is 2. The second-order valence-corrected chi connectivity index (χ2v) is 8.46. The van der Waals surface area contributed by atoms with Crippen LogP contribution in [-0.2, 0) is 36.9 Å². The first-order valence-corrected chi connectivity index (χ1v) is 12.1. The number of rotatable bonds is 14. The summed E-state index contributed by atoms with van der Waals surface area (Å²) < 4.78 is 0. The van der Waals surface area contributed by atoms with Crippen LogP contribution in [0.3, 0.4) is 0 Å². The van der Waals surface area contributed by atoms with Gasteiger partial charge in [0.2, 0.25) is 0 Å². The maximum absolute atomic E-state index is 11.6. The Hall–Kier alpha value is -1.97. The molecule has 4 heteroatoms. The van der Waals surface area contributed by atoms with Gasteiger partial charge in [0.05, 0.1) is 12.1 Å². The van der Waals surface area contributed by atoms with Crippen molar-refractivity contribution in [1.29, 1.82) is 0 Å². The lowest BCUT2D eigenvalue weighted by Crippen LogP contribution is -2.13. The van der Waals surface area contributed by atoms with E-state index >= 15 is 0 Å². The number of carbonyl (C=O) groups is 1. The summed E-state index contributed by atoms with van der Waals surface area (Å²) in [7, 11) is 0. The van der Waals surface area contributed by atoms with Crippen molar-refractivity contribution >= 4 is 17.0 Å². The summed E-state index contributed by atoms with van der Waals surface area (Å²) in [6, 6.07) is 0. The molecule has 1 N–H and O–H groups in total. The number of carboxylic acid groups (broad SMARTS) is 1. The number of aliphatic carboxylic acids is 1. The first-order valence-electron chi connectivity index (χ1n) is 12.1. The standard InChI is InChI=1S/C26H40N2O2/c1-5-9-13-19-18-27-26-25(20(19)14-10-6-2)22(16-12-8-4)21(15-11-7-3)23(28-26)17-24(29)30/h18H,5-17H2,1-4H3,(H,29,30). The monoisotopic (exact) mass is 412 g/mol. The van der Waals surface area contributed by atoms with Gasteiger partial charge in [-0.25, -0.2) is 9.97 Å². The maximum Gasteiger partial charge on any atom is 0.309 e. The van der Waals surface area contributed by atoms with Crippen LogP contribution in [-0.4, -0.2) is 21.0 Å². The molecule has 166 valence electrons. The van der Waals surface area contributed by atoms with Crippen molar-refractivity contribution in [3.63, 3.8) is 0 Å². The minimum absolute atomic E-state index is 0.0162. The second-order valence-electron chi connectivity index (χ2n) is 8.46. The molecule has 0 radical (unpaired) electrons. The number of nitrogens with zero attached hydrogens (tertiary/aromatic N) is 2. The Labute approximate surface area is 182 Å². The van der Waals surface area contributed by atoms with Crippen LogP contribution in [0.1, 0.15) is 107 Å². The fraction of sp³-hybridized carbons (Fsp3) is 0.654. The molecule has 2 rings (SSSR count). The summed E-state index contributed by atoms with van der Waals surface area (Å²) in [6.07, 6.45) is 15.1. The first-order chi connectivity index (χ1) is 14.6. The molecule has 2 aromatic rings. The summed E-state index contributed by atoms with van der Waals surface area (Å²) in [5, 5.41) is 10.7. The summed E-state index contributed by atoms with van der Waals surface area (Å²) in [6.45, 7) is 8.88. The summed E-state index contributed by atoms with van der Waals surface area (Å²) in [5.41, 5.74) is 6.79. The van der Waals surface area contributed by atoms with Crippen LogP contribution in [0.15, 0.2) is 6.20 Å². The molecule has 0 fully saturated rings. The number of hydrogen-bond acceptors (Lipinski definition) is 3. The molecule has 0 aliphatic heterocycles. The van der Waals surface area contributed by atoms with E-state index in [1.807, 2.05) is 6.20 Å². The average Bonchev–Trinajstić information content (AvgIpc) is 2.73. The molecule has 0 saturated heterocycles. The lowest BCUT2D eigenvalue weighted by atomic mass is 9.88. The molecule has 2 heterocycles. The van der Waals surface area contributed by atoms with E-state index < -0.39 is 5.97 Å². The molecule has 0 aromatic carbocycles. The van der Waals surface area contributed by atoms with E-state index in [9.17, 15) is 9.90 Å². The Bertz CT molecular complexity index is 830. The van der Waals surface area contributed by atoms with Crippen molar-refractivity contribution in [2.24, 2.45) is 0 Å². The topological polar surface area (TPSA) is 63.1 Å². The molecule has 2 aromatic heterocycles. The number of carboxylic acids is 1. The van der Waals surface area contributed by atoms with Gasteiger partial charge < -0.3 is 5.11 Å². The third-order valence-electron chi connectivity index (χ3n) is 5.97. The zero-order valence-corrected chi connectivity index (χ0v) is 19.5. The minimum Gasteiger partial charge on any atom is -0.481 e. The number of unbranched alkanes of at least 4 members (excludes halogenated alkanes) is 4. The summed E-state index contributed by atoms with van der Waals surface area (Å²) in [4.78, 5) is 21.2. The highest BCUT2D eigenvalue weighted by atomic mass is 16.4. The predicted molar refractivity (Wildman–Crippen MR) is 125 cm³/mol. The first kappa shape index (κ1) is 24.3. The number of hydrogen-bond donors (Lipinski definition) is 1. The molecule has 30 heavy (non-hydrogen) atoms. The average molecular weight is 413 g/mol. The van der Waals surface area contributed by atoms with E-state index in [1.165, 1.54) is 40.5 Å². The summed E-state index contributed by atoms with van der Waals surface area (Å²) in [5.74, 6) is -0.813. The summed E-state index contributed by atoms with van der Waals surface area (Å²) >= 11 is 0. The van der Waals surface area contributed by atoms with Gasteiger partial charge >= 0.3 is 5.97 Å². The van der Waals surface area contributed by atoms with Gasteiger partial charge in [-0.05, 0) is 73.6 Å². The van der Waals surface area contributed by atoms with Crippen molar-refractivity contribution in [1.82, 2.24) is 9.97 Å². The highest BCUT2D eigenvalue weighted by Gasteiger charge is 2.21. The molecule has 4 nitrogen and oxygen atoms in total.